The summed E-state index contributed by atoms with van der Waals surface area (Å²) in [7, 11) is 0. The van der Waals surface area contributed by atoms with E-state index in [9.17, 15) is 0 Å². The van der Waals surface area contributed by atoms with Crippen molar-refractivity contribution in [1.82, 2.24) is 4.90 Å². The van der Waals surface area contributed by atoms with E-state index in [-0.39, 0.29) is 0 Å². The van der Waals surface area contributed by atoms with Gasteiger partial charge in [0.2, 0.25) is 0 Å². The number of para-hydroxylation sites is 1. The minimum Gasteiger partial charge on any atom is -0.492 e. The second kappa shape index (κ2) is 7.12. The Morgan fingerprint density at radius 1 is 1.28 bits per heavy atom. The largest absolute Gasteiger partial charge is 0.492 e. The van der Waals surface area contributed by atoms with E-state index in [0.29, 0.717) is 6.54 Å². The molecular formula is C14H21BrN2O. The molecule has 1 fully saturated rings. The summed E-state index contributed by atoms with van der Waals surface area (Å²) in [5.41, 5.74) is 6.77. The highest BCUT2D eigenvalue weighted by atomic mass is 79.9. The number of nitrogens with two attached hydrogens (primary N) is 1. The molecule has 3 nitrogen and oxygen atoms in total. The average Bonchev–Trinajstić information content (AvgIpc) is 2.89. The van der Waals surface area contributed by atoms with Gasteiger partial charge in [0.25, 0.3) is 0 Å². The molecule has 0 unspecified atom stereocenters. The highest BCUT2D eigenvalue weighted by Gasteiger charge is 2.11. The summed E-state index contributed by atoms with van der Waals surface area (Å²) in [6.07, 6.45) is 3.77. The third-order valence-corrected chi connectivity index (χ3v) is 3.96. The van der Waals surface area contributed by atoms with Gasteiger partial charge < -0.3 is 15.4 Å². The minimum absolute atomic E-state index is 0.515. The Hall–Kier alpha value is -0.580. The molecule has 0 saturated carbocycles. The van der Waals surface area contributed by atoms with Crippen LogP contribution in [-0.4, -0.2) is 31.1 Å². The lowest BCUT2D eigenvalue weighted by atomic mass is 10.2. The quantitative estimate of drug-likeness (QED) is 0.821. The zero-order valence-corrected chi connectivity index (χ0v) is 12.3. The maximum Gasteiger partial charge on any atom is 0.137 e. The fourth-order valence-electron chi connectivity index (χ4n) is 2.34. The van der Waals surface area contributed by atoms with Crippen LogP contribution in [0.1, 0.15) is 24.8 Å². The van der Waals surface area contributed by atoms with Crippen LogP contribution in [0.15, 0.2) is 22.7 Å². The van der Waals surface area contributed by atoms with Crippen LogP contribution in [-0.2, 0) is 6.54 Å². The molecule has 2 rings (SSSR count). The first kappa shape index (κ1) is 13.8. The lowest BCUT2D eigenvalue weighted by Crippen LogP contribution is -2.22. The first-order valence-corrected chi connectivity index (χ1v) is 7.43. The van der Waals surface area contributed by atoms with Gasteiger partial charge in [0.15, 0.2) is 0 Å². The maximum atomic E-state index is 5.87. The standard InChI is InChI=1S/C14H21BrN2O/c15-13-6-3-5-12(11-16)14(13)18-10-4-9-17-7-1-2-8-17/h3,5-6H,1-2,4,7-11,16H2. The number of halogens is 1. The third kappa shape index (κ3) is 3.70. The number of hydrogen-bond donors (Lipinski definition) is 1. The van der Waals surface area contributed by atoms with Crippen molar-refractivity contribution in [2.24, 2.45) is 5.73 Å². The monoisotopic (exact) mass is 312 g/mol. The Bertz CT molecular complexity index is 378. The van der Waals surface area contributed by atoms with Crippen molar-refractivity contribution >= 4 is 15.9 Å². The molecule has 2 N–H and O–H groups in total. The van der Waals surface area contributed by atoms with Crippen molar-refractivity contribution in [2.75, 3.05) is 26.2 Å². The van der Waals surface area contributed by atoms with Crippen LogP contribution in [0.3, 0.4) is 0 Å². The smallest absolute Gasteiger partial charge is 0.137 e. The van der Waals surface area contributed by atoms with Gasteiger partial charge in [0.05, 0.1) is 11.1 Å². The van der Waals surface area contributed by atoms with Crippen molar-refractivity contribution in [3.05, 3.63) is 28.2 Å². The number of nitrogens with zero attached hydrogens (tertiary/aromatic N) is 1. The van der Waals surface area contributed by atoms with Gasteiger partial charge in [-0.15, -0.1) is 0 Å². The lowest BCUT2D eigenvalue weighted by Gasteiger charge is -2.16. The maximum absolute atomic E-state index is 5.87. The zero-order valence-electron chi connectivity index (χ0n) is 10.7. The molecule has 100 valence electrons. The summed E-state index contributed by atoms with van der Waals surface area (Å²) in [5, 5.41) is 0. The third-order valence-electron chi connectivity index (χ3n) is 3.33. The van der Waals surface area contributed by atoms with E-state index in [2.05, 4.69) is 20.8 Å². The van der Waals surface area contributed by atoms with Gasteiger partial charge in [0, 0.05) is 18.7 Å². The molecule has 0 bridgehead atoms. The van der Waals surface area contributed by atoms with Crippen LogP contribution < -0.4 is 10.5 Å². The van der Waals surface area contributed by atoms with E-state index in [1.165, 1.54) is 25.9 Å². The van der Waals surface area contributed by atoms with Crippen LogP contribution >= 0.6 is 15.9 Å². The van der Waals surface area contributed by atoms with Crippen LogP contribution in [0.4, 0.5) is 0 Å². The molecule has 1 aliphatic rings. The van der Waals surface area contributed by atoms with Gasteiger partial charge in [0.1, 0.15) is 5.75 Å². The number of rotatable bonds is 6. The van der Waals surface area contributed by atoms with E-state index in [1.807, 2.05) is 18.2 Å². The van der Waals surface area contributed by atoms with Crippen molar-refractivity contribution < 1.29 is 4.74 Å². The summed E-state index contributed by atoms with van der Waals surface area (Å²) in [6, 6.07) is 6.00. The van der Waals surface area contributed by atoms with Crippen LogP contribution in [0, 0.1) is 0 Å². The number of ether oxygens (including phenoxy) is 1. The minimum atomic E-state index is 0.515. The zero-order chi connectivity index (χ0) is 12.8. The fraction of sp³-hybridized carbons (Fsp3) is 0.571. The molecular weight excluding hydrogens is 292 g/mol. The van der Waals surface area contributed by atoms with Crippen molar-refractivity contribution in [3.63, 3.8) is 0 Å². The molecule has 0 spiro atoms. The first-order chi connectivity index (χ1) is 8.81. The van der Waals surface area contributed by atoms with Crippen molar-refractivity contribution in [2.45, 2.75) is 25.8 Å². The van der Waals surface area contributed by atoms with E-state index in [1.54, 1.807) is 0 Å². The summed E-state index contributed by atoms with van der Waals surface area (Å²) in [5.74, 6) is 0.904. The van der Waals surface area contributed by atoms with Crippen LogP contribution in [0.2, 0.25) is 0 Å². The Labute approximate surface area is 117 Å². The molecule has 1 aromatic carbocycles. The van der Waals surface area contributed by atoms with Gasteiger partial charge >= 0.3 is 0 Å². The predicted molar refractivity (Wildman–Crippen MR) is 77.8 cm³/mol. The normalized spacial score (nSPS) is 16.1. The molecule has 18 heavy (non-hydrogen) atoms. The van der Waals surface area contributed by atoms with Gasteiger partial charge in [-0.05, 0) is 54.3 Å². The second-order valence-electron chi connectivity index (χ2n) is 4.68. The molecule has 1 heterocycles. The summed E-state index contributed by atoms with van der Waals surface area (Å²) in [6.45, 7) is 4.92. The Morgan fingerprint density at radius 2 is 2.06 bits per heavy atom. The average molecular weight is 313 g/mol. The van der Waals surface area contributed by atoms with Crippen LogP contribution in [0.25, 0.3) is 0 Å². The van der Waals surface area contributed by atoms with Crippen molar-refractivity contribution in [3.8, 4) is 5.75 Å². The van der Waals surface area contributed by atoms with E-state index in [0.717, 1.165) is 35.4 Å². The number of benzene rings is 1. The summed E-state index contributed by atoms with van der Waals surface area (Å²) < 4.78 is 6.86. The second-order valence-corrected chi connectivity index (χ2v) is 5.54. The summed E-state index contributed by atoms with van der Waals surface area (Å²) >= 11 is 3.52. The first-order valence-electron chi connectivity index (χ1n) is 6.64. The molecule has 1 aliphatic heterocycles. The molecule has 1 aromatic rings. The summed E-state index contributed by atoms with van der Waals surface area (Å²) in [4.78, 5) is 2.51. The van der Waals surface area contributed by atoms with Crippen LogP contribution in [0.5, 0.6) is 5.75 Å². The molecule has 1 saturated heterocycles. The Morgan fingerprint density at radius 3 is 2.78 bits per heavy atom. The van der Waals surface area contributed by atoms with Gasteiger partial charge in [-0.2, -0.15) is 0 Å². The number of hydrogen-bond acceptors (Lipinski definition) is 3. The fourth-order valence-corrected chi connectivity index (χ4v) is 2.87. The highest BCUT2D eigenvalue weighted by molar-refractivity contribution is 9.10. The lowest BCUT2D eigenvalue weighted by molar-refractivity contribution is 0.261. The van der Waals surface area contributed by atoms with E-state index in [4.69, 9.17) is 10.5 Å². The predicted octanol–water partition coefficient (Wildman–Crippen LogP) is 2.77. The van der Waals surface area contributed by atoms with Gasteiger partial charge in [-0.1, -0.05) is 12.1 Å². The molecule has 0 radical (unpaired) electrons. The molecule has 0 amide bonds. The highest BCUT2D eigenvalue weighted by Crippen LogP contribution is 2.28. The Kier molecular flexibility index (Phi) is 5.47. The Balaban J connectivity index is 1.78. The number of likely N-dealkylation sites (tertiary alicyclic amines) is 1. The molecule has 4 heteroatoms. The SMILES string of the molecule is NCc1cccc(Br)c1OCCCN1CCCC1. The van der Waals surface area contributed by atoms with Gasteiger partial charge in [-0.3, -0.25) is 0 Å². The topological polar surface area (TPSA) is 38.5 Å². The van der Waals surface area contributed by atoms with E-state index >= 15 is 0 Å². The van der Waals surface area contributed by atoms with Crippen molar-refractivity contribution in [1.29, 1.82) is 0 Å². The molecule has 0 aromatic heterocycles. The van der Waals surface area contributed by atoms with E-state index < -0.39 is 0 Å². The molecule has 0 atom stereocenters. The molecule has 0 aliphatic carbocycles. The van der Waals surface area contributed by atoms with Gasteiger partial charge in [-0.25, -0.2) is 0 Å².